The molecule has 1 aromatic heterocycles. The zero-order chi connectivity index (χ0) is 15.9. The molecule has 1 aliphatic rings. The van der Waals surface area contributed by atoms with E-state index < -0.39 is 0 Å². The van der Waals surface area contributed by atoms with E-state index in [2.05, 4.69) is 30.0 Å². The molecular formula is C16H23N3OS2. The third-order valence-electron chi connectivity index (χ3n) is 4.26. The Hall–Kier alpha value is -1.40. The van der Waals surface area contributed by atoms with Crippen molar-refractivity contribution in [2.75, 3.05) is 0 Å². The maximum Gasteiger partial charge on any atom is 0.262 e. The van der Waals surface area contributed by atoms with Crippen LogP contribution in [0.15, 0.2) is 23.6 Å². The summed E-state index contributed by atoms with van der Waals surface area (Å²) in [5, 5.41) is 5.76. The highest BCUT2D eigenvalue weighted by Crippen LogP contribution is 2.29. The Morgan fingerprint density at radius 1 is 1.36 bits per heavy atom. The maximum atomic E-state index is 11.7. The summed E-state index contributed by atoms with van der Waals surface area (Å²) in [4.78, 5) is 12.8. The molecule has 4 nitrogen and oxygen atoms in total. The summed E-state index contributed by atoms with van der Waals surface area (Å²) in [5.74, 6) is 1.07. The molecule has 0 spiro atoms. The molecule has 0 bridgehead atoms. The van der Waals surface area contributed by atoms with E-state index in [0.29, 0.717) is 23.0 Å². The van der Waals surface area contributed by atoms with Gasteiger partial charge in [0.2, 0.25) is 0 Å². The van der Waals surface area contributed by atoms with E-state index in [0.717, 1.165) is 11.3 Å². The molecule has 120 valence electrons. The van der Waals surface area contributed by atoms with E-state index in [-0.39, 0.29) is 5.91 Å². The lowest BCUT2D eigenvalue weighted by molar-refractivity contribution is -0.116. The molecular weight excluding hydrogens is 314 g/mol. The summed E-state index contributed by atoms with van der Waals surface area (Å²) >= 11 is 6.84. The molecule has 1 aromatic rings. The van der Waals surface area contributed by atoms with Gasteiger partial charge in [0.1, 0.15) is 0 Å². The van der Waals surface area contributed by atoms with Crippen molar-refractivity contribution in [3.05, 3.63) is 28.5 Å². The Bertz CT molecular complexity index is 528. The fraction of sp³-hybridized carbons (Fsp3) is 0.500. The monoisotopic (exact) mass is 337 g/mol. The summed E-state index contributed by atoms with van der Waals surface area (Å²) in [6.07, 6.45) is 6.90. The molecule has 1 amide bonds. The van der Waals surface area contributed by atoms with Gasteiger partial charge in [0.25, 0.3) is 5.91 Å². The molecule has 1 aliphatic carbocycles. The SMILES string of the molecule is C[C@@H]1[C@H](C)CCC[C@@H]1NC(=S)NNC(=O)/C=C/c1cccs1. The maximum absolute atomic E-state index is 11.7. The van der Waals surface area contributed by atoms with Crippen LogP contribution in [0.5, 0.6) is 0 Å². The van der Waals surface area contributed by atoms with Gasteiger partial charge in [0, 0.05) is 17.0 Å². The zero-order valence-corrected chi connectivity index (χ0v) is 14.6. The van der Waals surface area contributed by atoms with Crippen LogP contribution in [0.4, 0.5) is 0 Å². The Balaban J connectivity index is 1.72. The highest BCUT2D eigenvalue weighted by molar-refractivity contribution is 7.80. The van der Waals surface area contributed by atoms with Gasteiger partial charge in [0.05, 0.1) is 0 Å². The number of thiocarbonyl (C=S) groups is 1. The van der Waals surface area contributed by atoms with Crippen molar-refractivity contribution >= 4 is 40.7 Å². The second-order valence-electron chi connectivity index (χ2n) is 5.81. The van der Waals surface area contributed by atoms with Gasteiger partial charge in [-0.1, -0.05) is 32.8 Å². The number of thiophene rings is 1. The lowest BCUT2D eigenvalue weighted by Crippen LogP contribution is -2.52. The smallest absolute Gasteiger partial charge is 0.262 e. The number of amides is 1. The number of nitrogens with one attached hydrogen (secondary N) is 3. The van der Waals surface area contributed by atoms with Gasteiger partial charge in [-0.05, 0) is 48.0 Å². The Labute approximate surface area is 141 Å². The van der Waals surface area contributed by atoms with Crippen LogP contribution in [0.1, 0.15) is 38.0 Å². The predicted molar refractivity (Wildman–Crippen MR) is 96.3 cm³/mol. The summed E-state index contributed by atoms with van der Waals surface area (Å²) in [6, 6.07) is 4.29. The molecule has 1 saturated carbocycles. The van der Waals surface area contributed by atoms with Crippen molar-refractivity contribution < 1.29 is 4.79 Å². The molecule has 3 N–H and O–H groups in total. The van der Waals surface area contributed by atoms with Gasteiger partial charge < -0.3 is 5.32 Å². The summed E-state index contributed by atoms with van der Waals surface area (Å²) in [7, 11) is 0. The highest BCUT2D eigenvalue weighted by Gasteiger charge is 2.27. The van der Waals surface area contributed by atoms with E-state index in [1.54, 1.807) is 17.4 Å². The largest absolute Gasteiger partial charge is 0.358 e. The molecule has 22 heavy (non-hydrogen) atoms. The van der Waals surface area contributed by atoms with Crippen molar-refractivity contribution in [2.45, 2.75) is 39.2 Å². The van der Waals surface area contributed by atoms with Crippen molar-refractivity contribution in [3.8, 4) is 0 Å². The third kappa shape index (κ3) is 5.10. The molecule has 1 fully saturated rings. The number of hydrogen-bond acceptors (Lipinski definition) is 3. The molecule has 0 saturated heterocycles. The average Bonchev–Trinajstić information content (AvgIpc) is 3.01. The van der Waals surface area contributed by atoms with Crippen molar-refractivity contribution in [1.29, 1.82) is 0 Å². The van der Waals surface area contributed by atoms with E-state index in [1.807, 2.05) is 17.5 Å². The van der Waals surface area contributed by atoms with Crippen LogP contribution < -0.4 is 16.2 Å². The first kappa shape index (κ1) is 17.0. The number of hydrogen-bond donors (Lipinski definition) is 3. The minimum Gasteiger partial charge on any atom is -0.358 e. The second-order valence-corrected chi connectivity index (χ2v) is 7.20. The van der Waals surface area contributed by atoms with Gasteiger partial charge in [0.15, 0.2) is 5.11 Å². The zero-order valence-electron chi connectivity index (χ0n) is 13.0. The van der Waals surface area contributed by atoms with E-state index in [4.69, 9.17) is 12.2 Å². The lowest BCUT2D eigenvalue weighted by Gasteiger charge is -2.35. The van der Waals surface area contributed by atoms with Crippen LogP contribution in [0.3, 0.4) is 0 Å². The summed E-state index contributed by atoms with van der Waals surface area (Å²) in [6.45, 7) is 4.54. The Morgan fingerprint density at radius 3 is 2.91 bits per heavy atom. The average molecular weight is 338 g/mol. The minimum atomic E-state index is -0.220. The molecule has 6 heteroatoms. The van der Waals surface area contributed by atoms with Crippen molar-refractivity contribution in [3.63, 3.8) is 0 Å². The summed E-state index contributed by atoms with van der Waals surface area (Å²) in [5.41, 5.74) is 5.35. The van der Waals surface area contributed by atoms with Gasteiger partial charge in [-0.25, -0.2) is 0 Å². The first-order valence-corrected chi connectivity index (χ1v) is 8.93. The van der Waals surface area contributed by atoms with Crippen LogP contribution in [0.25, 0.3) is 6.08 Å². The Morgan fingerprint density at radius 2 is 2.18 bits per heavy atom. The van der Waals surface area contributed by atoms with Crippen LogP contribution >= 0.6 is 23.6 Å². The second kappa shape index (κ2) is 8.29. The van der Waals surface area contributed by atoms with Gasteiger partial charge in [-0.2, -0.15) is 0 Å². The van der Waals surface area contributed by atoms with E-state index >= 15 is 0 Å². The summed E-state index contributed by atoms with van der Waals surface area (Å²) < 4.78 is 0. The van der Waals surface area contributed by atoms with Gasteiger partial charge >= 0.3 is 0 Å². The first-order chi connectivity index (χ1) is 10.6. The normalized spacial score (nSPS) is 24.9. The standard InChI is InChI=1S/C16H23N3OS2/c1-11-5-3-7-14(12(11)2)17-16(21)19-18-15(20)9-8-13-6-4-10-22-13/h4,6,8-12,14H,3,5,7H2,1-2H3,(H,18,20)(H2,17,19,21)/b9-8+/t11-,12-,14+/m1/s1. The predicted octanol–water partition coefficient (Wildman–Crippen LogP) is 3.08. The fourth-order valence-electron chi connectivity index (χ4n) is 2.69. The topological polar surface area (TPSA) is 53.2 Å². The molecule has 1 heterocycles. The number of carbonyl (C=O) groups excluding carboxylic acids is 1. The molecule has 2 rings (SSSR count). The molecule has 0 unspecified atom stereocenters. The third-order valence-corrected chi connectivity index (χ3v) is 5.32. The van der Waals surface area contributed by atoms with Gasteiger partial charge in [-0.15, -0.1) is 11.3 Å². The van der Waals surface area contributed by atoms with Crippen LogP contribution in [-0.2, 0) is 4.79 Å². The quantitative estimate of drug-likeness (QED) is 0.451. The van der Waals surface area contributed by atoms with Crippen molar-refractivity contribution in [1.82, 2.24) is 16.2 Å². The Kier molecular flexibility index (Phi) is 6.39. The van der Waals surface area contributed by atoms with Crippen LogP contribution in [0, 0.1) is 11.8 Å². The van der Waals surface area contributed by atoms with Crippen LogP contribution in [-0.4, -0.2) is 17.1 Å². The van der Waals surface area contributed by atoms with E-state index in [1.165, 1.54) is 18.9 Å². The fourth-order valence-corrected chi connectivity index (χ4v) is 3.51. The number of carbonyl (C=O) groups is 1. The number of hydrazine groups is 1. The molecule has 0 radical (unpaired) electrons. The first-order valence-electron chi connectivity index (χ1n) is 7.64. The molecule has 0 aliphatic heterocycles. The number of rotatable bonds is 3. The minimum absolute atomic E-state index is 0.220. The highest BCUT2D eigenvalue weighted by atomic mass is 32.1. The van der Waals surface area contributed by atoms with E-state index in [9.17, 15) is 4.79 Å². The molecule has 3 atom stereocenters. The van der Waals surface area contributed by atoms with Gasteiger partial charge in [-0.3, -0.25) is 15.6 Å². The lowest BCUT2D eigenvalue weighted by atomic mass is 9.78. The van der Waals surface area contributed by atoms with Crippen LogP contribution in [0.2, 0.25) is 0 Å². The van der Waals surface area contributed by atoms with Crippen molar-refractivity contribution in [2.24, 2.45) is 11.8 Å². The molecule has 0 aromatic carbocycles.